The van der Waals surface area contributed by atoms with E-state index in [0.717, 1.165) is 45.0 Å². The van der Waals surface area contributed by atoms with E-state index in [-0.39, 0.29) is 23.3 Å². The monoisotopic (exact) mass is 450 g/mol. The molecule has 7 heteroatoms. The number of likely N-dealkylation sites (tertiary alicyclic amines) is 1. The lowest BCUT2D eigenvalue weighted by Gasteiger charge is -2.32. The number of carbonyl (C=O) groups is 2. The van der Waals surface area contributed by atoms with Crippen LogP contribution in [-0.2, 0) is 5.41 Å². The highest BCUT2D eigenvalue weighted by molar-refractivity contribution is 7.20. The highest BCUT2D eigenvalue weighted by atomic mass is 32.1. The molecule has 32 heavy (non-hydrogen) atoms. The summed E-state index contributed by atoms with van der Waals surface area (Å²) in [4.78, 5) is 38.8. The first kappa shape index (κ1) is 22.4. The molecule has 0 aliphatic carbocycles. The highest BCUT2D eigenvalue weighted by Gasteiger charge is 2.29. The van der Waals surface area contributed by atoms with Gasteiger partial charge in [0.25, 0.3) is 11.8 Å². The molecule has 1 aromatic carbocycles. The smallest absolute Gasteiger partial charge is 0.264 e. The van der Waals surface area contributed by atoms with Crippen LogP contribution in [0.5, 0.6) is 0 Å². The predicted molar refractivity (Wildman–Crippen MR) is 128 cm³/mol. The molecule has 0 radical (unpaired) electrons. The van der Waals surface area contributed by atoms with Gasteiger partial charge in [0.1, 0.15) is 10.7 Å². The number of amides is 2. The maximum Gasteiger partial charge on any atom is 0.264 e. The minimum absolute atomic E-state index is 0.0510. The minimum atomic E-state index is -0.146. The van der Waals surface area contributed by atoms with E-state index in [9.17, 15) is 9.59 Å². The van der Waals surface area contributed by atoms with Gasteiger partial charge in [-0.25, -0.2) is 9.97 Å². The van der Waals surface area contributed by atoms with Crippen molar-refractivity contribution in [1.82, 2.24) is 20.2 Å². The number of hydrogen-bond donors (Lipinski definition) is 1. The van der Waals surface area contributed by atoms with E-state index in [1.54, 1.807) is 0 Å². The summed E-state index contributed by atoms with van der Waals surface area (Å²) in [6.45, 7) is 11.5. The highest BCUT2D eigenvalue weighted by Crippen LogP contribution is 2.34. The third kappa shape index (κ3) is 4.39. The molecule has 6 nitrogen and oxygen atoms in total. The minimum Gasteiger partial charge on any atom is -0.349 e. The molecular weight excluding hydrogens is 420 g/mol. The van der Waals surface area contributed by atoms with Gasteiger partial charge in [0.2, 0.25) is 0 Å². The zero-order valence-corrected chi connectivity index (χ0v) is 20.2. The van der Waals surface area contributed by atoms with Gasteiger partial charge < -0.3 is 10.2 Å². The van der Waals surface area contributed by atoms with E-state index < -0.39 is 0 Å². The van der Waals surface area contributed by atoms with E-state index in [0.29, 0.717) is 18.7 Å². The van der Waals surface area contributed by atoms with Crippen LogP contribution in [0, 0.1) is 13.8 Å². The maximum absolute atomic E-state index is 13.3. The molecule has 0 atom stereocenters. The van der Waals surface area contributed by atoms with Crippen LogP contribution in [0.25, 0.3) is 10.2 Å². The van der Waals surface area contributed by atoms with Crippen LogP contribution in [0.1, 0.15) is 70.7 Å². The molecule has 168 valence electrons. The van der Waals surface area contributed by atoms with Crippen molar-refractivity contribution in [3.8, 4) is 0 Å². The van der Waals surface area contributed by atoms with Gasteiger partial charge >= 0.3 is 0 Å². The molecule has 4 rings (SSSR count). The van der Waals surface area contributed by atoms with Crippen LogP contribution in [0.15, 0.2) is 30.3 Å². The predicted octanol–water partition coefficient (Wildman–Crippen LogP) is 4.64. The molecule has 2 aromatic heterocycles. The van der Waals surface area contributed by atoms with Crippen LogP contribution in [0.3, 0.4) is 0 Å². The van der Waals surface area contributed by atoms with Gasteiger partial charge in [-0.3, -0.25) is 9.59 Å². The van der Waals surface area contributed by atoms with Gasteiger partial charge in [0.15, 0.2) is 0 Å². The molecule has 0 bridgehead atoms. The summed E-state index contributed by atoms with van der Waals surface area (Å²) in [6.07, 6.45) is 1.50. The number of fused-ring (bicyclic) bond motifs is 1. The fourth-order valence-electron chi connectivity index (χ4n) is 4.11. The third-order valence-electron chi connectivity index (χ3n) is 5.99. The SMILES string of the molecule is Cc1nc(C(C)(C)C)nc2sc(C(=O)N3CCC(NC(=O)c4ccccc4)CC3)c(C)c12. The van der Waals surface area contributed by atoms with Gasteiger partial charge in [-0.1, -0.05) is 39.0 Å². The lowest BCUT2D eigenvalue weighted by atomic mass is 9.95. The summed E-state index contributed by atoms with van der Waals surface area (Å²) in [7, 11) is 0. The van der Waals surface area contributed by atoms with Crippen molar-refractivity contribution in [2.24, 2.45) is 0 Å². The first-order chi connectivity index (χ1) is 15.1. The Bertz CT molecular complexity index is 1160. The van der Waals surface area contributed by atoms with Gasteiger partial charge in [-0.15, -0.1) is 11.3 Å². The molecule has 0 saturated carbocycles. The summed E-state index contributed by atoms with van der Waals surface area (Å²) in [5.41, 5.74) is 2.41. The number of nitrogens with zero attached hydrogens (tertiary/aromatic N) is 3. The van der Waals surface area contributed by atoms with Gasteiger partial charge in [0, 0.05) is 35.5 Å². The molecule has 1 fully saturated rings. The number of benzene rings is 1. The van der Waals surface area contributed by atoms with Crippen molar-refractivity contribution in [3.63, 3.8) is 0 Å². The molecule has 3 aromatic rings. The largest absolute Gasteiger partial charge is 0.349 e. The van der Waals surface area contributed by atoms with Crippen molar-refractivity contribution < 1.29 is 9.59 Å². The Morgan fingerprint density at radius 2 is 1.72 bits per heavy atom. The van der Waals surface area contributed by atoms with E-state index in [2.05, 4.69) is 26.1 Å². The standard InChI is InChI=1S/C25H30N4O2S/c1-15-19-16(2)26-24(25(3,4)5)28-22(19)32-20(15)23(31)29-13-11-18(12-14-29)27-21(30)17-9-7-6-8-10-17/h6-10,18H,11-14H2,1-5H3,(H,27,30). The second-order valence-corrected chi connectivity index (χ2v) is 10.5. The first-order valence-electron chi connectivity index (χ1n) is 11.1. The average molecular weight is 451 g/mol. The number of aromatic nitrogens is 2. The van der Waals surface area contributed by atoms with Gasteiger partial charge in [-0.05, 0) is 44.4 Å². The van der Waals surface area contributed by atoms with Crippen molar-refractivity contribution in [3.05, 3.63) is 57.9 Å². The number of hydrogen-bond acceptors (Lipinski definition) is 5. The van der Waals surface area contributed by atoms with Gasteiger partial charge in [0.05, 0.1) is 10.6 Å². The van der Waals surface area contributed by atoms with Crippen molar-refractivity contribution in [1.29, 1.82) is 0 Å². The van der Waals surface area contributed by atoms with Gasteiger partial charge in [-0.2, -0.15) is 0 Å². The van der Waals surface area contributed by atoms with Crippen molar-refractivity contribution in [2.75, 3.05) is 13.1 Å². The molecule has 0 spiro atoms. The number of aryl methyl sites for hydroxylation is 2. The summed E-state index contributed by atoms with van der Waals surface area (Å²) in [5.74, 6) is 0.798. The van der Waals surface area contributed by atoms with Crippen LogP contribution < -0.4 is 5.32 Å². The van der Waals surface area contributed by atoms with E-state index in [1.807, 2.05) is 49.1 Å². The Kier molecular flexibility index (Phi) is 6.03. The van der Waals surface area contributed by atoms with Crippen molar-refractivity contribution in [2.45, 2.75) is 58.9 Å². The molecule has 1 aliphatic rings. The van der Waals surface area contributed by atoms with Crippen LogP contribution in [0.2, 0.25) is 0 Å². The fraction of sp³-hybridized carbons (Fsp3) is 0.440. The summed E-state index contributed by atoms with van der Waals surface area (Å²) < 4.78 is 0. The second kappa shape index (κ2) is 8.62. The number of nitrogens with one attached hydrogen (secondary N) is 1. The van der Waals surface area contributed by atoms with Crippen LogP contribution in [-0.4, -0.2) is 45.8 Å². The maximum atomic E-state index is 13.3. The molecule has 2 amide bonds. The summed E-state index contributed by atoms with van der Waals surface area (Å²) in [6, 6.07) is 9.33. The average Bonchev–Trinajstić information content (AvgIpc) is 3.10. The lowest BCUT2D eigenvalue weighted by Crippen LogP contribution is -2.46. The number of carbonyl (C=O) groups excluding carboxylic acids is 2. The first-order valence-corrected chi connectivity index (χ1v) is 11.9. The number of rotatable bonds is 3. The van der Waals surface area contributed by atoms with E-state index in [1.165, 1.54) is 11.3 Å². The van der Waals surface area contributed by atoms with Crippen LogP contribution in [0.4, 0.5) is 0 Å². The zero-order valence-electron chi connectivity index (χ0n) is 19.4. The Balaban J connectivity index is 1.47. The second-order valence-electron chi connectivity index (χ2n) is 9.52. The lowest BCUT2D eigenvalue weighted by molar-refractivity contribution is 0.0702. The summed E-state index contributed by atoms with van der Waals surface area (Å²) in [5, 5.41) is 4.10. The van der Waals surface area contributed by atoms with Crippen molar-refractivity contribution >= 4 is 33.4 Å². The van der Waals surface area contributed by atoms with Crippen LogP contribution >= 0.6 is 11.3 Å². The normalized spacial score (nSPS) is 15.2. The quantitative estimate of drug-likeness (QED) is 0.631. The Morgan fingerprint density at radius 3 is 2.34 bits per heavy atom. The molecule has 0 unspecified atom stereocenters. The third-order valence-corrected chi connectivity index (χ3v) is 7.16. The summed E-state index contributed by atoms with van der Waals surface area (Å²) >= 11 is 1.47. The molecule has 3 heterocycles. The number of thiophene rings is 1. The van der Waals surface area contributed by atoms with E-state index >= 15 is 0 Å². The molecule has 1 N–H and O–H groups in total. The molecule has 1 saturated heterocycles. The topological polar surface area (TPSA) is 75.2 Å². The Morgan fingerprint density at radius 1 is 1.06 bits per heavy atom. The fourth-order valence-corrected chi connectivity index (χ4v) is 5.31. The number of piperidine rings is 1. The Hall–Kier alpha value is -2.80. The molecule has 1 aliphatic heterocycles. The van der Waals surface area contributed by atoms with E-state index in [4.69, 9.17) is 9.97 Å². The Labute approximate surface area is 193 Å². The molecular formula is C25H30N4O2S. The zero-order chi connectivity index (χ0) is 23.0.